The van der Waals surface area contributed by atoms with Gasteiger partial charge in [-0.15, -0.1) is 5.10 Å². The number of aliphatic carboxylic acids is 1. The number of nitrogens with one attached hydrogen (secondary N) is 1. The molecular formula is C10H16N4O5. The average Bonchev–Trinajstić information content (AvgIpc) is 2.36. The Kier molecular flexibility index (Phi) is 4.81. The van der Waals surface area contributed by atoms with Crippen molar-refractivity contribution in [2.45, 2.75) is 12.5 Å². The normalized spacial score (nSPS) is 12.2. The van der Waals surface area contributed by atoms with Crippen LogP contribution in [0.15, 0.2) is 9.59 Å². The number of carbonyl (C=O) groups is 1. The van der Waals surface area contributed by atoms with Gasteiger partial charge in [0.05, 0.1) is 12.5 Å². The fraction of sp³-hybridized carbons (Fsp3) is 0.600. The molecule has 0 amide bonds. The van der Waals surface area contributed by atoms with E-state index in [1.54, 1.807) is 0 Å². The fourth-order valence-electron chi connectivity index (χ4n) is 1.45. The Morgan fingerprint density at radius 1 is 1.47 bits per heavy atom. The van der Waals surface area contributed by atoms with Crippen LogP contribution in [0.1, 0.15) is 6.42 Å². The lowest BCUT2D eigenvalue weighted by Gasteiger charge is -2.14. The second-order valence-electron chi connectivity index (χ2n) is 3.96. The molecule has 0 radical (unpaired) electrons. The van der Waals surface area contributed by atoms with E-state index in [1.807, 2.05) is 0 Å². The number of nitrogens with zero attached hydrogens (tertiary/aromatic N) is 3. The summed E-state index contributed by atoms with van der Waals surface area (Å²) >= 11 is 0. The second-order valence-corrected chi connectivity index (χ2v) is 3.96. The minimum Gasteiger partial charge on any atom is -0.481 e. The Hall–Kier alpha value is -2.16. The van der Waals surface area contributed by atoms with Gasteiger partial charge >= 0.3 is 11.7 Å². The molecular weight excluding hydrogens is 256 g/mol. The molecule has 0 aliphatic heterocycles. The summed E-state index contributed by atoms with van der Waals surface area (Å²) in [4.78, 5) is 33.7. The number of ether oxygens (including phenoxy) is 1. The highest BCUT2D eigenvalue weighted by molar-refractivity contribution is 5.67. The second kappa shape index (κ2) is 6.14. The first kappa shape index (κ1) is 14.9. The third-order valence-electron chi connectivity index (χ3n) is 2.55. The zero-order valence-electron chi connectivity index (χ0n) is 10.9. The molecule has 1 unspecified atom stereocenters. The molecule has 0 aliphatic carbocycles. The lowest BCUT2D eigenvalue weighted by atomic mass is 10.2. The lowest BCUT2D eigenvalue weighted by molar-refractivity contribution is -0.139. The van der Waals surface area contributed by atoms with Crippen molar-refractivity contribution in [1.29, 1.82) is 0 Å². The van der Waals surface area contributed by atoms with Crippen LogP contribution in [0, 0.1) is 0 Å². The Labute approximate surface area is 108 Å². The summed E-state index contributed by atoms with van der Waals surface area (Å²) in [6, 6.07) is 0. The summed E-state index contributed by atoms with van der Waals surface area (Å²) in [6.07, 6.45) is -0.795. The van der Waals surface area contributed by atoms with Gasteiger partial charge in [0.2, 0.25) is 5.82 Å². The van der Waals surface area contributed by atoms with E-state index in [-0.39, 0.29) is 18.8 Å². The van der Waals surface area contributed by atoms with E-state index < -0.39 is 23.3 Å². The van der Waals surface area contributed by atoms with Crippen LogP contribution in [0.2, 0.25) is 0 Å². The van der Waals surface area contributed by atoms with Crippen LogP contribution in [0.5, 0.6) is 0 Å². The number of anilines is 1. The van der Waals surface area contributed by atoms with Crippen molar-refractivity contribution in [2.24, 2.45) is 14.1 Å². The van der Waals surface area contributed by atoms with Crippen LogP contribution in [-0.4, -0.2) is 45.2 Å². The van der Waals surface area contributed by atoms with Crippen LogP contribution in [0.4, 0.5) is 5.82 Å². The van der Waals surface area contributed by atoms with Crippen molar-refractivity contribution in [2.75, 3.05) is 19.0 Å². The van der Waals surface area contributed by atoms with Crippen molar-refractivity contribution >= 4 is 11.8 Å². The van der Waals surface area contributed by atoms with E-state index >= 15 is 0 Å². The molecule has 0 aromatic carbocycles. The number of hydrogen-bond donors (Lipinski definition) is 2. The maximum atomic E-state index is 11.7. The molecule has 19 heavy (non-hydrogen) atoms. The van der Waals surface area contributed by atoms with Crippen LogP contribution >= 0.6 is 0 Å². The first-order chi connectivity index (χ1) is 8.86. The van der Waals surface area contributed by atoms with Crippen molar-refractivity contribution in [3.8, 4) is 0 Å². The van der Waals surface area contributed by atoms with Crippen molar-refractivity contribution < 1.29 is 14.6 Å². The zero-order valence-corrected chi connectivity index (χ0v) is 10.9. The molecule has 0 aliphatic rings. The largest absolute Gasteiger partial charge is 0.481 e. The number of aromatic nitrogens is 3. The zero-order chi connectivity index (χ0) is 14.6. The first-order valence-electron chi connectivity index (χ1n) is 5.49. The highest BCUT2D eigenvalue weighted by Crippen LogP contribution is 1.99. The Bertz CT molecular complexity index is 576. The van der Waals surface area contributed by atoms with E-state index in [0.29, 0.717) is 0 Å². The number of hydrogen-bond acceptors (Lipinski definition) is 6. The van der Waals surface area contributed by atoms with Crippen LogP contribution in [0.3, 0.4) is 0 Å². The maximum absolute atomic E-state index is 11.7. The predicted molar refractivity (Wildman–Crippen MR) is 66.3 cm³/mol. The number of carboxylic acid groups (broad SMARTS) is 1. The summed E-state index contributed by atoms with van der Waals surface area (Å²) < 4.78 is 6.89. The third kappa shape index (κ3) is 3.65. The van der Waals surface area contributed by atoms with Crippen LogP contribution in [-0.2, 0) is 23.6 Å². The number of rotatable bonds is 6. The SMILES string of the molecule is COC(CNc1nn(C)c(=O)n(C)c1=O)CC(=O)O. The van der Waals surface area contributed by atoms with E-state index in [0.717, 1.165) is 9.25 Å². The number of methoxy groups -OCH3 is 1. The monoisotopic (exact) mass is 272 g/mol. The van der Waals surface area contributed by atoms with E-state index in [2.05, 4.69) is 10.4 Å². The minimum absolute atomic E-state index is 0.0305. The summed E-state index contributed by atoms with van der Waals surface area (Å²) in [6.45, 7) is 0.100. The Balaban J connectivity index is 2.86. The molecule has 0 spiro atoms. The molecule has 2 N–H and O–H groups in total. The molecule has 0 saturated carbocycles. The van der Waals surface area contributed by atoms with Gasteiger partial charge in [0.15, 0.2) is 0 Å². The predicted octanol–water partition coefficient (Wildman–Crippen LogP) is -1.62. The summed E-state index contributed by atoms with van der Waals surface area (Å²) in [7, 11) is 4.13. The van der Waals surface area contributed by atoms with Gasteiger partial charge in [-0.25, -0.2) is 9.48 Å². The topological polar surface area (TPSA) is 115 Å². The molecule has 9 heteroatoms. The summed E-state index contributed by atoms with van der Waals surface area (Å²) in [5.74, 6) is -1.04. The van der Waals surface area contributed by atoms with Gasteiger partial charge in [-0.2, -0.15) is 0 Å². The minimum atomic E-state index is -1.00. The highest BCUT2D eigenvalue weighted by atomic mass is 16.5. The molecule has 1 aromatic heterocycles. The average molecular weight is 272 g/mol. The molecule has 1 rings (SSSR count). The van der Waals surface area contributed by atoms with Crippen molar-refractivity contribution in [3.63, 3.8) is 0 Å². The van der Waals surface area contributed by atoms with Gasteiger partial charge in [0.1, 0.15) is 0 Å². The van der Waals surface area contributed by atoms with Gasteiger partial charge in [-0.05, 0) is 0 Å². The molecule has 106 valence electrons. The standard InChI is InChI=1S/C10H16N4O5/c1-13-9(17)8(12-14(2)10(13)18)11-5-6(19-3)4-7(15)16/h6H,4-5H2,1-3H3,(H,11,12)(H,15,16). The molecule has 0 bridgehead atoms. The third-order valence-corrected chi connectivity index (χ3v) is 2.55. The Morgan fingerprint density at radius 3 is 2.63 bits per heavy atom. The van der Waals surface area contributed by atoms with Crippen LogP contribution < -0.4 is 16.6 Å². The van der Waals surface area contributed by atoms with Crippen LogP contribution in [0.25, 0.3) is 0 Å². The molecule has 1 atom stereocenters. The van der Waals surface area contributed by atoms with E-state index in [4.69, 9.17) is 9.84 Å². The molecule has 0 saturated heterocycles. The molecule has 0 fully saturated rings. The summed E-state index contributed by atoms with van der Waals surface area (Å²) in [5, 5.41) is 15.1. The van der Waals surface area contributed by atoms with Crippen molar-refractivity contribution in [1.82, 2.24) is 14.3 Å². The molecule has 9 nitrogen and oxygen atoms in total. The molecule has 1 aromatic rings. The van der Waals surface area contributed by atoms with Gasteiger partial charge in [-0.3, -0.25) is 14.2 Å². The van der Waals surface area contributed by atoms with E-state index in [9.17, 15) is 14.4 Å². The van der Waals surface area contributed by atoms with Gasteiger partial charge in [-0.1, -0.05) is 0 Å². The fourth-order valence-corrected chi connectivity index (χ4v) is 1.45. The molecule has 1 heterocycles. The van der Waals surface area contributed by atoms with E-state index in [1.165, 1.54) is 21.2 Å². The van der Waals surface area contributed by atoms with Gasteiger partial charge in [0.25, 0.3) is 5.56 Å². The highest BCUT2D eigenvalue weighted by Gasteiger charge is 2.14. The maximum Gasteiger partial charge on any atom is 0.346 e. The lowest BCUT2D eigenvalue weighted by Crippen LogP contribution is -2.40. The van der Waals surface area contributed by atoms with Gasteiger partial charge < -0.3 is 15.2 Å². The Morgan fingerprint density at radius 2 is 2.11 bits per heavy atom. The first-order valence-corrected chi connectivity index (χ1v) is 5.49. The smallest absolute Gasteiger partial charge is 0.346 e. The quantitative estimate of drug-likeness (QED) is 0.639. The number of aryl methyl sites for hydroxylation is 1. The summed E-state index contributed by atoms with van der Waals surface area (Å²) in [5.41, 5.74) is -1.11. The van der Waals surface area contributed by atoms with Gasteiger partial charge in [0, 0.05) is 27.7 Å². The van der Waals surface area contributed by atoms with Crippen molar-refractivity contribution in [3.05, 3.63) is 20.8 Å². The number of carboxylic acids is 1.